The minimum atomic E-state index is -1.31. The topological polar surface area (TPSA) is 168 Å². The normalized spacial score (nSPS) is 13.3. The van der Waals surface area contributed by atoms with E-state index in [1.54, 1.807) is 41.5 Å². The molecule has 0 aliphatic rings. The molecule has 4 N–H and O–H groups in total. The molecule has 1 rings (SSSR count). The molecule has 1 aromatic rings. The van der Waals surface area contributed by atoms with E-state index in [-0.39, 0.29) is 30.6 Å². The van der Waals surface area contributed by atoms with Crippen LogP contribution in [0.1, 0.15) is 76.7 Å². The molecule has 46 heavy (non-hydrogen) atoms. The molecule has 13 nitrogen and oxygen atoms in total. The third kappa shape index (κ3) is 18.9. The predicted octanol–water partition coefficient (Wildman–Crippen LogP) is 3.15. The minimum absolute atomic E-state index is 0.0846. The molecule has 0 saturated carbocycles. The third-order valence-electron chi connectivity index (χ3n) is 6.05. The van der Waals surface area contributed by atoms with E-state index in [0.29, 0.717) is 59.0 Å². The van der Waals surface area contributed by atoms with Gasteiger partial charge in [0, 0.05) is 38.4 Å². The van der Waals surface area contributed by atoms with Crippen LogP contribution in [0.25, 0.3) is 0 Å². The summed E-state index contributed by atoms with van der Waals surface area (Å²) in [5, 5.41) is 13.6. The number of hydrogen-bond donors (Lipinski definition) is 3. The fourth-order valence-electron chi connectivity index (χ4n) is 3.93. The van der Waals surface area contributed by atoms with Crippen molar-refractivity contribution in [3.8, 4) is 0 Å². The average Bonchev–Trinajstić information content (AvgIpc) is 2.95. The highest BCUT2D eigenvalue weighted by atomic mass is 19.1. The van der Waals surface area contributed by atoms with E-state index in [4.69, 9.17) is 29.4 Å². The molecule has 1 aromatic carbocycles. The summed E-state index contributed by atoms with van der Waals surface area (Å²) in [7, 11) is 1.22. The maximum atomic E-state index is 14.8. The number of benzene rings is 1. The Hall–Kier alpha value is -2.88. The van der Waals surface area contributed by atoms with Gasteiger partial charge in [-0.2, -0.15) is 0 Å². The summed E-state index contributed by atoms with van der Waals surface area (Å²) < 4.78 is 46.6. The summed E-state index contributed by atoms with van der Waals surface area (Å²) in [6, 6.07) is 2.90. The number of nitrogens with zero attached hydrogens (tertiary/aromatic N) is 1. The Labute approximate surface area is 272 Å². The van der Waals surface area contributed by atoms with Crippen LogP contribution in [-0.4, -0.2) is 111 Å². The number of nitrogens with one attached hydrogen (secondary N) is 1. The molecule has 14 heteroatoms. The van der Waals surface area contributed by atoms with Gasteiger partial charge in [0.1, 0.15) is 23.2 Å². The van der Waals surface area contributed by atoms with Crippen molar-refractivity contribution in [1.82, 2.24) is 10.2 Å². The van der Waals surface area contributed by atoms with Crippen LogP contribution in [0.4, 0.5) is 9.18 Å². The quantitative estimate of drug-likeness (QED) is 0.0765. The molecule has 1 amide bonds. The SMILES string of the molecule is COC(=O)C[C@@H](N)[C@H](O)N(CCCOCCOCCOCCCNC(=O)OC(C)(C)C)Cc1cc(C(=O)OC(C)(C)C)ccc1F. The molecule has 2 atom stereocenters. The molecule has 0 radical (unpaired) electrons. The van der Waals surface area contributed by atoms with Crippen LogP contribution in [0, 0.1) is 5.82 Å². The zero-order valence-corrected chi connectivity index (χ0v) is 28.4. The monoisotopic (exact) mass is 659 g/mol. The second-order valence-electron chi connectivity index (χ2n) is 12.6. The molecule has 0 bridgehead atoms. The van der Waals surface area contributed by atoms with E-state index in [1.807, 2.05) is 0 Å². The summed E-state index contributed by atoms with van der Waals surface area (Å²) in [4.78, 5) is 37.4. The zero-order chi connectivity index (χ0) is 34.8. The van der Waals surface area contributed by atoms with Crippen molar-refractivity contribution in [3.05, 3.63) is 35.1 Å². The number of carbonyl (C=O) groups is 3. The van der Waals surface area contributed by atoms with E-state index in [2.05, 4.69) is 10.1 Å². The van der Waals surface area contributed by atoms with Crippen molar-refractivity contribution < 1.29 is 52.3 Å². The number of aliphatic hydroxyl groups excluding tert-OH is 1. The first kappa shape index (κ1) is 41.1. The lowest BCUT2D eigenvalue weighted by atomic mass is 10.1. The van der Waals surface area contributed by atoms with Gasteiger partial charge in [-0.05, 0) is 72.6 Å². The number of esters is 2. The van der Waals surface area contributed by atoms with E-state index in [0.717, 1.165) is 0 Å². The largest absolute Gasteiger partial charge is 0.469 e. The van der Waals surface area contributed by atoms with Gasteiger partial charge in [0.05, 0.1) is 51.6 Å². The number of amides is 1. The third-order valence-corrected chi connectivity index (χ3v) is 6.05. The van der Waals surface area contributed by atoms with E-state index < -0.39 is 47.3 Å². The number of nitrogens with two attached hydrogens (primary N) is 1. The second kappa shape index (κ2) is 21.1. The van der Waals surface area contributed by atoms with Gasteiger partial charge in [0.2, 0.25) is 0 Å². The molecule has 0 heterocycles. The maximum absolute atomic E-state index is 14.8. The van der Waals surface area contributed by atoms with E-state index >= 15 is 0 Å². The van der Waals surface area contributed by atoms with Crippen molar-refractivity contribution in [2.75, 3.05) is 59.8 Å². The number of halogens is 1. The Morgan fingerprint density at radius 3 is 2.04 bits per heavy atom. The van der Waals surface area contributed by atoms with E-state index in [1.165, 1.54) is 30.2 Å². The number of alkyl carbamates (subject to hydrolysis) is 1. The summed E-state index contributed by atoms with van der Waals surface area (Å²) >= 11 is 0. The van der Waals surface area contributed by atoms with Crippen LogP contribution in [-0.2, 0) is 39.8 Å². The van der Waals surface area contributed by atoms with Gasteiger partial charge in [0.15, 0.2) is 0 Å². The number of rotatable bonds is 21. The molecule has 0 aromatic heterocycles. The van der Waals surface area contributed by atoms with Crippen LogP contribution in [0.5, 0.6) is 0 Å². The Bertz CT molecular complexity index is 1060. The molecule has 264 valence electrons. The Morgan fingerprint density at radius 2 is 1.48 bits per heavy atom. The van der Waals surface area contributed by atoms with Crippen LogP contribution in [0.2, 0.25) is 0 Å². The molecule has 0 aliphatic heterocycles. The molecular formula is C32H54FN3O10. The highest BCUT2D eigenvalue weighted by Gasteiger charge is 2.27. The second-order valence-corrected chi connectivity index (χ2v) is 12.6. The lowest BCUT2D eigenvalue weighted by Crippen LogP contribution is -2.49. The molecular weight excluding hydrogens is 605 g/mol. The first-order valence-electron chi connectivity index (χ1n) is 15.5. The maximum Gasteiger partial charge on any atom is 0.407 e. The van der Waals surface area contributed by atoms with Gasteiger partial charge in [-0.1, -0.05) is 0 Å². The molecule has 0 spiro atoms. The van der Waals surface area contributed by atoms with Crippen LogP contribution < -0.4 is 11.1 Å². The van der Waals surface area contributed by atoms with Gasteiger partial charge < -0.3 is 44.6 Å². The number of hydrogen-bond acceptors (Lipinski definition) is 12. The van der Waals surface area contributed by atoms with Crippen molar-refractivity contribution in [3.63, 3.8) is 0 Å². The van der Waals surface area contributed by atoms with Gasteiger partial charge in [-0.3, -0.25) is 9.69 Å². The number of ether oxygens (including phenoxy) is 6. The molecule has 0 saturated heterocycles. The molecule has 0 unspecified atom stereocenters. The smallest absolute Gasteiger partial charge is 0.407 e. The number of aliphatic hydroxyl groups is 1. The van der Waals surface area contributed by atoms with E-state index in [9.17, 15) is 23.9 Å². The van der Waals surface area contributed by atoms with Gasteiger partial charge in [-0.15, -0.1) is 0 Å². The van der Waals surface area contributed by atoms with Crippen LogP contribution >= 0.6 is 0 Å². The van der Waals surface area contributed by atoms with Crippen molar-refractivity contribution in [2.24, 2.45) is 5.73 Å². The Kier molecular flexibility index (Phi) is 18.9. The first-order chi connectivity index (χ1) is 21.5. The number of methoxy groups -OCH3 is 1. The molecule has 0 aliphatic carbocycles. The van der Waals surface area contributed by atoms with Gasteiger partial charge in [0.25, 0.3) is 0 Å². The van der Waals surface area contributed by atoms with Crippen LogP contribution in [0.3, 0.4) is 0 Å². The summed E-state index contributed by atoms with van der Waals surface area (Å²) in [5.41, 5.74) is 5.13. The molecule has 0 fully saturated rings. The predicted molar refractivity (Wildman–Crippen MR) is 169 cm³/mol. The average molecular weight is 660 g/mol. The standard InChI is InChI=1S/C32H54FN3O10/c1-31(2,3)45-29(39)23-10-11-25(33)24(20-23)22-36(28(38)26(34)21-27(37)41-7)13-9-15-43-17-19-44-18-16-42-14-8-12-35-30(40)46-32(4,5)6/h10-11,20,26,28,38H,8-9,12-19,21-22,34H2,1-7H3,(H,35,40)/t26-,28+/m1/s1. The van der Waals surface area contributed by atoms with Crippen LogP contribution in [0.15, 0.2) is 18.2 Å². The highest BCUT2D eigenvalue weighted by Crippen LogP contribution is 2.19. The summed E-state index contributed by atoms with van der Waals surface area (Å²) in [6.45, 7) is 13.5. The van der Waals surface area contributed by atoms with Gasteiger partial charge >= 0.3 is 18.0 Å². The van der Waals surface area contributed by atoms with Gasteiger partial charge in [-0.25, -0.2) is 14.0 Å². The lowest BCUT2D eigenvalue weighted by molar-refractivity contribution is -0.142. The Morgan fingerprint density at radius 1 is 0.913 bits per heavy atom. The lowest BCUT2D eigenvalue weighted by Gasteiger charge is -2.31. The first-order valence-corrected chi connectivity index (χ1v) is 15.5. The summed E-state index contributed by atoms with van der Waals surface area (Å²) in [5.74, 6) is -1.76. The van der Waals surface area contributed by atoms with Crippen molar-refractivity contribution in [2.45, 2.75) is 90.8 Å². The van der Waals surface area contributed by atoms with Crippen molar-refractivity contribution >= 4 is 18.0 Å². The summed E-state index contributed by atoms with van der Waals surface area (Å²) in [6.07, 6.45) is -0.907. The highest BCUT2D eigenvalue weighted by molar-refractivity contribution is 5.89. The fraction of sp³-hybridized carbons (Fsp3) is 0.719. The fourth-order valence-corrected chi connectivity index (χ4v) is 3.93. The Balaban J connectivity index is 2.48. The zero-order valence-electron chi connectivity index (χ0n) is 28.4. The minimum Gasteiger partial charge on any atom is -0.469 e. The van der Waals surface area contributed by atoms with Crippen molar-refractivity contribution in [1.29, 1.82) is 0 Å². The number of carbonyl (C=O) groups excluding carboxylic acids is 3.